The third-order valence-electron chi connectivity index (χ3n) is 4.67. The Kier molecular flexibility index (Phi) is 6.70. The quantitative estimate of drug-likeness (QED) is 0.331. The first-order chi connectivity index (χ1) is 14.3. The van der Waals surface area contributed by atoms with Crippen LogP contribution < -0.4 is 27.6 Å². The summed E-state index contributed by atoms with van der Waals surface area (Å²) in [6.07, 6.45) is -3.76. The fourth-order valence-corrected chi connectivity index (χ4v) is 2.99. The first-order valence-corrected chi connectivity index (χ1v) is 9.37. The summed E-state index contributed by atoms with van der Waals surface area (Å²) in [7, 11) is 0. The average Bonchev–Trinajstić information content (AvgIpc) is 2.71. The minimum Gasteiger partial charge on any atom is -0.293 e. The van der Waals surface area contributed by atoms with Gasteiger partial charge in [-0.3, -0.25) is 14.3 Å². The van der Waals surface area contributed by atoms with Gasteiger partial charge < -0.3 is 0 Å². The first kappa shape index (κ1) is 21.8. The zero-order valence-electron chi connectivity index (χ0n) is 16.2. The number of hydrogen-bond acceptors (Lipinski definition) is 5. The van der Waals surface area contributed by atoms with Gasteiger partial charge in [0.05, 0.1) is 16.5 Å². The molecule has 0 saturated heterocycles. The van der Waals surface area contributed by atoms with E-state index < -0.39 is 23.0 Å². The lowest BCUT2D eigenvalue weighted by Crippen LogP contribution is -2.47. The van der Waals surface area contributed by atoms with Crippen molar-refractivity contribution in [3.63, 3.8) is 0 Å². The van der Waals surface area contributed by atoms with Crippen molar-refractivity contribution in [2.24, 2.45) is 0 Å². The van der Waals surface area contributed by atoms with Gasteiger partial charge in [-0.25, -0.2) is 15.6 Å². The number of hydrazine groups is 2. The van der Waals surface area contributed by atoms with Crippen molar-refractivity contribution in [1.29, 1.82) is 0 Å². The van der Waals surface area contributed by atoms with Gasteiger partial charge in [-0.15, -0.1) is 0 Å². The zero-order chi connectivity index (χ0) is 21.7. The fraction of sp³-hybridized carbons (Fsp3) is 0.300. The van der Waals surface area contributed by atoms with Gasteiger partial charge in [-0.2, -0.15) is 18.7 Å². The third kappa shape index (κ3) is 5.35. The summed E-state index contributed by atoms with van der Waals surface area (Å²) in [5.74, 6) is 0. The Morgan fingerprint density at radius 1 is 1.07 bits per heavy atom. The van der Waals surface area contributed by atoms with Crippen LogP contribution in [0.4, 0.5) is 13.2 Å². The summed E-state index contributed by atoms with van der Waals surface area (Å²) in [4.78, 5) is 26.4. The Morgan fingerprint density at radius 2 is 1.77 bits per heavy atom. The molecule has 3 aromatic rings. The number of H-pyrrole nitrogens is 1. The second-order valence-electron chi connectivity index (χ2n) is 6.94. The number of halogens is 3. The molecule has 0 bridgehead atoms. The van der Waals surface area contributed by atoms with Crippen LogP contribution >= 0.6 is 0 Å². The number of rotatable bonds is 8. The highest BCUT2D eigenvalue weighted by Crippen LogP contribution is 2.28. The number of hydrogen-bond donors (Lipinski definition) is 4. The Morgan fingerprint density at radius 3 is 2.47 bits per heavy atom. The molecule has 3 rings (SSSR count). The van der Waals surface area contributed by atoms with Crippen LogP contribution in [0.5, 0.6) is 0 Å². The molecule has 1 atom stereocenters. The number of nitrogens with zero attached hydrogens (tertiary/aromatic N) is 1. The normalized spacial score (nSPS) is 12.9. The van der Waals surface area contributed by atoms with Gasteiger partial charge >= 0.3 is 11.9 Å². The Balaban J connectivity index is 1.48. The van der Waals surface area contributed by atoms with Crippen molar-refractivity contribution < 1.29 is 13.2 Å². The van der Waals surface area contributed by atoms with Crippen molar-refractivity contribution in [2.75, 3.05) is 0 Å². The largest absolute Gasteiger partial charge is 0.416 e. The van der Waals surface area contributed by atoms with Gasteiger partial charge in [0, 0.05) is 19.1 Å². The molecule has 0 aliphatic carbocycles. The molecule has 4 N–H and O–H groups in total. The summed E-state index contributed by atoms with van der Waals surface area (Å²) in [6, 6.07) is 11.8. The van der Waals surface area contributed by atoms with Crippen LogP contribution in [-0.4, -0.2) is 15.6 Å². The van der Waals surface area contributed by atoms with Crippen LogP contribution in [0.25, 0.3) is 10.9 Å². The fourth-order valence-electron chi connectivity index (χ4n) is 2.99. The van der Waals surface area contributed by atoms with Crippen molar-refractivity contribution in [3.05, 3.63) is 80.5 Å². The lowest BCUT2D eigenvalue weighted by atomic mass is 10.1. The Labute approximate surface area is 169 Å². The second kappa shape index (κ2) is 9.24. The minimum atomic E-state index is -4.35. The average molecular weight is 421 g/mol. The predicted octanol–water partition coefficient (Wildman–Crippen LogP) is 2.29. The number of benzene rings is 2. The molecule has 30 heavy (non-hydrogen) atoms. The minimum absolute atomic E-state index is 0.0392. The van der Waals surface area contributed by atoms with Crippen molar-refractivity contribution in [1.82, 2.24) is 25.9 Å². The molecule has 1 aromatic heterocycles. The van der Waals surface area contributed by atoms with E-state index in [2.05, 4.69) is 21.4 Å². The Hall–Kier alpha value is -2.95. The number of aromatic amines is 1. The standard InChI is InChI=1S/C20H22F3N5O2/c1-13(26-27-24-12-14-6-8-15(9-7-14)20(21,22)23)10-11-28-17-5-3-2-4-16(17)18(29)25-19(28)30/h2-9,13,24,26-27H,10-12H2,1H3,(H,25,29,30). The summed E-state index contributed by atoms with van der Waals surface area (Å²) < 4.78 is 39.2. The van der Waals surface area contributed by atoms with Gasteiger partial charge in [0.15, 0.2) is 0 Å². The molecule has 0 radical (unpaired) electrons. The molecular formula is C20H22F3N5O2. The molecule has 0 saturated carbocycles. The van der Waals surface area contributed by atoms with Crippen LogP contribution in [0.15, 0.2) is 58.1 Å². The van der Waals surface area contributed by atoms with Gasteiger partial charge in [0.1, 0.15) is 0 Å². The topological polar surface area (TPSA) is 91.0 Å². The highest BCUT2D eigenvalue weighted by molar-refractivity contribution is 5.77. The molecule has 10 heteroatoms. The second-order valence-corrected chi connectivity index (χ2v) is 6.94. The molecule has 1 heterocycles. The maximum atomic E-state index is 12.6. The van der Waals surface area contributed by atoms with E-state index in [0.29, 0.717) is 36.0 Å². The van der Waals surface area contributed by atoms with Crippen LogP contribution in [0.1, 0.15) is 24.5 Å². The monoisotopic (exact) mass is 421 g/mol. The maximum Gasteiger partial charge on any atom is 0.416 e. The Bertz CT molecular complexity index is 1110. The van der Waals surface area contributed by atoms with Crippen LogP contribution in [0.2, 0.25) is 0 Å². The van der Waals surface area contributed by atoms with E-state index >= 15 is 0 Å². The number of alkyl halides is 3. The lowest BCUT2D eigenvalue weighted by Gasteiger charge is -2.17. The van der Waals surface area contributed by atoms with Gasteiger partial charge in [0.25, 0.3) is 5.56 Å². The summed E-state index contributed by atoms with van der Waals surface area (Å²) in [5.41, 5.74) is 8.41. The zero-order valence-corrected chi connectivity index (χ0v) is 16.2. The van der Waals surface area contributed by atoms with E-state index in [-0.39, 0.29) is 6.04 Å². The molecule has 0 amide bonds. The molecule has 7 nitrogen and oxygen atoms in total. The van der Waals surface area contributed by atoms with E-state index in [1.807, 2.05) is 6.92 Å². The van der Waals surface area contributed by atoms with E-state index in [0.717, 1.165) is 12.1 Å². The van der Waals surface area contributed by atoms with Gasteiger partial charge in [-0.05, 0) is 43.2 Å². The molecule has 0 spiro atoms. The molecule has 0 aliphatic heterocycles. The predicted molar refractivity (Wildman–Crippen MR) is 107 cm³/mol. The number of para-hydroxylation sites is 1. The number of nitrogens with one attached hydrogen (secondary N) is 4. The molecule has 160 valence electrons. The van der Waals surface area contributed by atoms with E-state index in [4.69, 9.17) is 0 Å². The summed E-state index contributed by atoms with van der Waals surface area (Å²) in [5, 5.41) is 0.453. The van der Waals surface area contributed by atoms with Gasteiger partial charge in [0.2, 0.25) is 0 Å². The highest BCUT2D eigenvalue weighted by atomic mass is 19.4. The van der Waals surface area contributed by atoms with E-state index in [1.165, 1.54) is 16.7 Å². The number of aromatic nitrogens is 2. The maximum absolute atomic E-state index is 12.6. The number of fused-ring (bicyclic) bond motifs is 1. The molecular weight excluding hydrogens is 399 g/mol. The van der Waals surface area contributed by atoms with Crippen LogP contribution in [-0.2, 0) is 19.3 Å². The van der Waals surface area contributed by atoms with Crippen molar-refractivity contribution in [2.45, 2.75) is 38.7 Å². The summed E-state index contributed by atoms with van der Waals surface area (Å²) in [6.45, 7) is 2.62. The molecule has 1 unspecified atom stereocenters. The lowest BCUT2D eigenvalue weighted by molar-refractivity contribution is -0.137. The number of aryl methyl sites for hydroxylation is 1. The van der Waals surface area contributed by atoms with E-state index in [9.17, 15) is 22.8 Å². The summed E-state index contributed by atoms with van der Waals surface area (Å²) >= 11 is 0. The van der Waals surface area contributed by atoms with Crippen molar-refractivity contribution in [3.8, 4) is 0 Å². The SMILES string of the molecule is CC(CCn1c(=O)[nH]c(=O)c2ccccc21)NNNCc1ccc(C(F)(F)F)cc1. The van der Waals surface area contributed by atoms with Crippen molar-refractivity contribution >= 4 is 10.9 Å². The van der Waals surface area contributed by atoms with Crippen LogP contribution in [0, 0.1) is 0 Å². The van der Waals surface area contributed by atoms with Gasteiger partial charge in [-0.1, -0.05) is 24.3 Å². The molecule has 0 fully saturated rings. The smallest absolute Gasteiger partial charge is 0.293 e. The first-order valence-electron chi connectivity index (χ1n) is 9.37. The molecule has 0 aliphatic rings. The third-order valence-corrected chi connectivity index (χ3v) is 4.67. The highest BCUT2D eigenvalue weighted by Gasteiger charge is 2.29. The van der Waals surface area contributed by atoms with Crippen LogP contribution in [0.3, 0.4) is 0 Å². The molecule has 2 aromatic carbocycles. The van der Waals surface area contributed by atoms with E-state index in [1.54, 1.807) is 24.3 Å².